The molecule has 8 nitrogen and oxygen atoms in total. The van der Waals surface area contributed by atoms with Gasteiger partial charge in [-0.1, -0.05) is 54.6 Å². The van der Waals surface area contributed by atoms with Crippen molar-refractivity contribution in [3.63, 3.8) is 0 Å². The van der Waals surface area contributed by atoms with Crippen molar-refractivity contribution in [2.24, 2.45) is 0 Å². The lowest BCUT2D eigenvalue weighted by atomic mass is 10.1. The number of nitrogens with zero attached hydrogens (tertiary/aromatic N) is 1. The zero-order chi connectivity index (χ0) is 25.5. The van der Waals surface area contributed by atoms with Crippen molar-refractivity contribution >= 4 is 28.8 Å². The molecule has 6 rings (SSSR count). The molecule has 8 heteroatoms. The van der Waals surface area contributed by atoms with Gasteiger partial charge in [0, 0.05) is 0 Å². The van der Waals surface area contributed by atoms with Crippen LogP contribution in [0.4, 0.5) is 0 Å². The molecule has 0 bridgehead atoms. The molecule has 3 aromatic carbocycles. The van der Waals surface area contributed by atoms with Gasteiger partial charge in [-0.15, -0.1) is 0 Å². The Morgan fingerprint density at radius 1 is 0.757 bits per heavy atom. The monoisotopic (exact) mass is 491 g/mol. The summed E-state index contributed by atoms with van der Waals surface area (Å²) >= 11 is 0. The molecule has 1 aliphatic rings. The molecule has 1 unspecified atom stereocenters. The van der Waals surface area contributed by atoms with E-state index in [1.165, 1.54) is 18.4 Å². The van der Waals surface area contributed by atoms with E-state index in [0.717, 1.165) is 4.90 Å². The predicted molar refractivity (Wildman–Crippen MR) is 132 cm³/mol. The molecule has 1 aliphatic heterocycles. The van der Waals surface area contributed by atoms with E-state index in [2.05, 4.69) is 0 Å². The van der Waals surface area contributed by atoms with Crippen LogP contribution in [0.2, 0.25) is 0 Å². The van der Waals surface area contributed by atoms with Crippen LogP contribution in [-0.4, -0.2) is 22.7 Å². The fourth-order valence-corrected chi connectivity index (χ4v) is 4.41. The highest BCUT2D eigenvalue weighted by atomic mass is 16.5. The van der Waals surface area contributed by atoms with Crippen molar-refractivity contribution in [3.8, 4) is 17.3 Å². The van der Waals surface area contributed by atoms with Crippen molar-refractivity contribution in [2.75, 3.05) is 0 Å². The van der Waals surface area contributed by atoms with E-state index in [4.69, 9.17) is 13.6 Å². The first-order chi connectivity index (χ1) is 18.0. The third kappa shape index (κ3) is 3.63. The maximum atomic E-state index is 13.8. The average molecular weight is 491 g/mol. The Hall–Kier alpha value is -5.24. The second-order valence-corrected chi connectivity index (χ2v) is 8.32. The smallest absolute Gasteiger partial charge is 0.339 e. The summed E-state index contributed by atoms with van der Waals surface area (Å²) in [5.74, 6) is -2.60. The van der Waals surface area contributed by atoms with Crippen molar-refractivity contribution in [2.45, 2.75) is 6.04 Å². The van der Waals surface area contributed by atoms with Gasteiger partial charge in [-0.2, -0.15) is 0 Å². The number of furan rings is 1. The Bertz CT molecular complexity index is 1700. The van der Waals surface area contributed by atoms with Crippen LogP contribution < -0.4 is 10.2 Å². The first-order valence-electron chi connectivity index (χ1n) is 11.4. The SMILES string of the molecule is O=C(Oc1c(-c2ccco2)oc2ccccc2c1=O)C(c1ccccc1)N1C(=O)c2ccccc2C1=O. The molecule has 2 aromatic heterocycles. The van der Waals surface area contributed by atoms with Gasteiger partial charge < -0.3 is 13.6 Å². The highest BCUT2D eigenvalue weighted by Gasteiger charge is 2.44. The summed E-state index contributed by atoms with van der Waals surface area (Å²) in [5.41, 5.74) is 0.381. The van der Waals surface area contributed by atoms with Gasteiger partial charge in [0.1, 0.15) is 5.58 Å². The van der Waals surface area contributed by atoms with Crippen LogP contribution in [0.3, 0.4) is 0 Å². The Morgan fingerprint density at radius 3 is 2.08 bits per heavy atom. The van der Waals surface area contributed by atoms with Crippen LogP contribution in [0.15, 0.2) is 111 Å². The number of fused-ring (bicyclic) bond motifs is 2. The number of amides is 2. The van der Waals surface area contributed by atoms with Crippen LogP contribution in [0.25, 0.3) is 22.5 Å². The van der Waals surface area contributed by atoms with E-state index in [9.17, 15) is 19.2 Å². The lowest BCUT2D eigenvalue weighted by Crippen LogP contribution is -2.40. The van der Waals surface area contributed by atoms with Crippen molar-refractivity contribution in [3.05, 3.63) is 124 Å². The molecule has 0 saturated heterocycles. The molecule has 3 heterocycles. The van der Waals surface area contributed by atoms with Crippen molar-refractivity contribution in [1.82, 2.24) is 4.90 Å². The number of imide groups is 1. The molecule has 2 amide bonds. The number of carbonyl (C=O) groups excluding carboxylic acids is 3. The number of hydrogen-bond donors (Lipinski definition) is 0. The second kappa shape index (κ2) is 8.76. The minimum Gasteiger partial charge on any atom is -0.461 e. The first-order valence-corrected chi connectivity index (χ1v) is 11.4. The quantitative estimate of drug-likeness (QED) is 0.252. The van der Waals surface area contributed by atoms with Gasteiger partial charge in [0.05, 0.1) is 22.8 Å². The van der Waals surface area contributed by atoms with E-state index in [1.54, 1.807) is 78.9 Å². The molecule has 37 heavy (non-hydrogen) atoms. The highest BCUT2D eigenvalue weighted by Crippen LogP contribution is 2.35. The number of benzene rings is 3. The summed E-state index contributed by atoms with van der Waals surface area (Å²) in [6.45, 7) is 0. The van der Waals surface area contributed by atoms with E-state index in [-0.39, 0.29) is 33.6 Å². The molecular formula is C29H17NO7. The molecular weight excluding hydrogens is 474 g/mol. The fourth-order valence-electron chi connectivity index (χ4n) is 4.41. The van der Waals surface area contributed by atoms with Crippen LogP contribution in [0, 0.1) is 0 Å². The first kappa shape index (κ1) is 22.2. The van der Waals surface area contributed by atoms with E-state index in [1.807, 2.05) is 0 Å². The fraction of sp³-hybridized carbons (Fsp3) is 0.0345. The Kier molecular flexibility index (Phi) is 5.27. The molecule has 0 spiro atoms. The van der Waals surface area contributed by atoms with Crippen LogP contribution in [-0.2, 0) is 4.79 Å². The molecule has 0 radical (unpaired) electrons. The summed E-state index contributed by atoms with van der Waals surface area (Å²) < 4.78 is 17.0. The lowest BCUT2D eigenvalue weighted by molar-refractivity contribution is -0.139. The summed E-state index contributed by atoms with van der Waals surface area (Å²) in [6.07, 6.45) is 1.39. The molecule has 180 valence electrons. The van der Waals surface area contributed by atoms with Gasteiger partial charge in [-0.3, -0.25) is 19.3 Å². The van der Waals surface area contributed by atoms with Crippen LogP contribution in [0.5, 0.6) is 5.75 Å². The molecule has 0 aliphatic carbocycles. The molecule has 1 atom stereocenters. The summed E-state index contributed by atoms with van der Waals surface area (Å²) in [4.78, 5) is 54.6. The van der Waals surface area contributed by atoms with Crippen LogP contribution >= 0.6 is 0 Å². The Balaban J connectivity index is 1.48. The second-order valence-electron chi connectivity index (χ2n) is 8.32. The lowest BCUT2D eigenvalue weighted by Gasteiger charge is -2.25. The van der Waals surface area contributed by atoms with Gasteiger partial charge >= 0.3 is 5.97 Å². The van der Waals surface area contributed by atoms with Crippen molar-refractivity contribution in [1.29, 1.82) is 0 Å². The Morgan fingerprint density at radius 2 is 1.41 bits per heavy atom. The van der Waals surface area contributed by atoms with E-state index < -0.39 is 35.0 Å². The zero-order valence-electron chi connectivity index (χ0n) is 19.1. The van der Waals surface area contributed by atoms with E-state index >= 15 is 0 Å². The number of hydrogen-bond acceptors (Lipinski definition) is 7. The Labute approximate surface area is 209 Å². The van der Waals surface area contributed by atoms with Crippen molar-refractivity contribution < 1.29 is 28.0 Å². The zero-order valence-corrected chi connectivity index (χ0v) is 19.1. The van der Waals surface area contributed by atoms with Gasteiger partial charge in [-0.05, 0) is 42.0 Å². The highest BCUT2D eigenvalue weighted by molar-refractivity contribution is 6.22. The minimum absolute atomic E-state index is 0.0868. The normalized spacial score (nSPS) is 13.6. The third-order valence-corrected chi connectivity index (χ3v) is 6.13. The summed E-state index contributed by atoms with van der Waals surface area (Å²) in [7, 11) is 0. The van der Waals surface area contributed by atoms with Gasteiger partial charge in [0.25, 0.3) is 11.8 Å². The largest absolute Gasteiger partial charge is 0.461 e. The van der Waals surface area contributed by atoms with Gasteiger partial charge in [0.15, 0.2) is 11.8 Å². The number of esters is 1. The topological polar surface area (TPSA) is 107 Å². The number of rotatable bonds is 5. The predicted octanol–water partition coefficient (Wildman–Crippen LogP) is 5.00. The average Bonchev–Trinajstić information content (AvgIpc) is 3.55. The molecule has 0 N–H and O–H groups in total. The number of para-hydroxylation sites is 1. The molecule has 5 aromatic rings. The van der Waals surface area contributed by atoms with Gasteiger partial charge in [0.2, 0.25) is 16.9 Å². The van der Waals surface area contributed by atoms with E-state index in [0.29, 0.717) is 5.56 Å². The minimum atomic E-state index is -1.45. The number of ether oxygens (including phenoxy) is 1. The summed E-state index contributed by atoms with van der Waals surface area (Å²) in [6, 6.07) is 22.8. The molecule has 0 saturated carbocycles. The van der Waals surface area contributed by atoms with Crippen LogP contribution in [0.1, 0.15) is 32.3 Å². The summed E-state index contributed by atoms with van der Waals surface area (Å²) in [5, 5.41) is 0.192. The number of carbonyl (C=O) groups is 3. The maximum absolute atomic E-state index is 13.8. The third-order valence-electron chi connectivity index (χ3n) is 6.13. The van der Waals surface area contributed by atoms with Gasteiger partial charge in [-0.25, -0.2) is 4.79 Å². The standard InChI is InChI=1S/C29H17NO7/c31-24-20-13-6-7-14-21(20)36-25(22-15-8-16-35-22)26(24)37-29(34)23(17-9-2-1-3-10-17)30-27(32)18-11-4-5-12-19(18)28(30)33/h1-16,23H. The maximum Gasteiger partial charge on any atom is 0.339 e. The molecule has 0 fully saturated rings.